The molecule has 0 spiro atoms. The molecule has 0 saturated heterocycles. The van der Waals surface area contributed by atoms with Gasteiger partial charge in [-0.25, -0.2) is 4.98 Å². The Morgan fingerprint density at radius 1 is 1.29 bits per heavy atom. The second-order valence-corrected chi connectivity index (χ2v) is 3.91. The minimum absolute atomic E-state index is 0.434. The van der Waals surface area contributed by atoms with Crippen LogP contribution in [0.5, 0.6) is 0 Å². The molecule has 84 valence electrons. The predicted octanol–water partition coefficient (Wildman–Crippen LogP) is 3.37. The van der Waals surface area contributed by atoms with Crippen LogP contribution in [0.25, 0.3) is 0 Å². The van der Waals surface area contributed by atoms with Crippen molar-refractivity contribution in [3.05, 3.63) is 53.3 Å². The number of aromatic nitrogens is 1. The molecule has 0 radical (unpaired) electrons. The summed E-state index contributed by atoms with van der Waals surface area (Å²) in [6.07, 6.45) is 1.64. The Morgan fingerprint density at radius 2 is 2.06 bits per heavy atom. The molecule has 0 saturated carbocycles. The van der Waals surface area contributed by atoms with Gasteiger partial charge in [-0.05, 0) is 24.3 Å². The highest BCUT2D eigenvalue weighted by molar-refractivity contribution is 6.29. The number of nitriles is 1. The summed E-state index contributed by atoms with van der Waals surface area (Å²) >= 11 is 5.85. The molecule has 2 aromatic rings. The van der Waals surface area contributed by atoms with E-state index in [1.54, 1.807) is 18.3 Å². The normalized spacial score (nSPS) is 9.71. The number of rotatable bonds is 2. The fourth-order valence-corrected chi connectivity index (χ4v) is 1.77. The standard InChI is InChI=1S/C13H10ClN3/c1-17(11-6-7-16-13(14)8-11)12-5-3-2-4-10(12)9-15/h2-8H,1H3. The Balaban J connectivity index is 2.44. The maximum Gasteiger partial charge on any atom is 0.131 e. The number of halogens is 1. The molecule has 3 nitrogen and oxygen atoms in total. The first-order chi connectivity index (χ1) is 8.22. The summed E-state index contributed by atoms with van der Waals surface area (Å²) < 4.78 is 0. The Labute approximate surface area is 105 Å². The van der Waals surface area contributed by atoms with Crippen LogP contribution in [0.4, 0.5) is 11.4 Å². The van der Waals surface area contributed by atoms with Crippen LogP contribution in [-0.2, 0) is 0 Å². The van der Waals surface area contributed by atoms with Crippen molar-refractivity contribution in [3.63, 3.8) is 0 Å². The minimum atomic E-state index is 0.434. The van der Waals surface area contributed by atoms with Gasteiger partial charge in [-0.1, -0.05) is 23.7 Å². The van der Waals surface area contributed by atoms with Crippen molar-refractivity contribution in [2.75, 3.05) is 11.9 Å². The highest BCUT2D eigenvalue weighted by Gasteiger charge is 2.08. The van der Waals surface area contributed by atoms with Gasteiger partial charge in [0.25, 0.3) is 0 Å². The Bertz CT molecular complexity index is 575. The number of nitrogens with zero attached hydrogens (tertiary/aromatic N) is 3. The highest BCUT2D eigenvalue weighted by Crippen LogP contribution is 2.27. The van der Waals surface area contributed by atoms with Gasteiger partial charge >= 0.3 is 0 Å². The third-order valence-electron chi connectivity index (χ3n) is 2.48. The van der Waals surface area contributed by atoms with E-state index in [9.17, 15) is 0 Å². The molecule has 0 amide bonds. The van der Waals surface area contributed by atoms with E-state index in [2.05, 4.69) is 11.1 Å². The molecular formula is C13H10ClN3. The lowest BCUT2D eigenvalue weighted by Crippen LogP contribution is -2.10. The van der Waals surface area contributed by atoms with E-state index >= 15 is 0 Å². The third-order valence-corrected chi connectivity index (χ3v) is 2.69. The summed E-state index contributed by atoms with van der Waals surface area (Å²) in [6, 6.07) is 13.2. The fourth-order valence-electron chi connectivity index (χ4n) is 1.60. The van der Waals surface area contributed by atoms with Crippen LogP contribution in [0.2, 0.25) is 5.15 Å². The van der Waals surface area contributed by atoms with Crippen molar-refractivity contribution in [3.8, 4) is 6.07 Å². The number of pyridine rings is 1. The average Bonchev–Trinajstić information content (AvgIpc) is 2.38. The van der Waals surface area contributed by atoms with Crippen molar-refractivity contribution in [2.24, 2.45) is 0 Å². The summed E-state index contributed by atoms with van der Waals surface area (Å²) in [5, 5.41) is 9.49. The zero-order chi connectivity index (χ0) is 12.3. The van der Waals surface area contributed by atoms with E-state index in [1.807, 2.05) is 36.2 Å². The van der Waals surface area contributed by atoms with Gasteiger partial charge in [-0.2, -0.15) is 5.26 Å². The van der Waals surface area contributed by atoms with E-state index < -0.39 is 0 Å². The molecule has 0 atom stereocenters. The van der Waals surface area contributed by atoms with Gasteiger partial charge in [0.2, 0.25) is 0 Å². The monoisotopic (exact) mass is 243 g/mol. The van der Waals surface area contributed by atoms with Crippen molar-refractivity contribution < 1.29 is 0 Å². The van der Waals surface area contributed by atoms with Crippen molar-refractivity contribution >= 4 is 23.0 Å². The van der Waals surface area contributed by atoms with Gasteiger partial charge < -0.3 is 4.90 Å². The number of hydrogen-bond donors (Lipinski definition) is 0. The number of benzene rings is 1. The second-order valence-electron chi connectivity index (χ2n) is 3.52. The summed E-state index contributed by atoms with van der Waals surface area (Å²) in [5.41, 5.74) is 2.37. The molecular weight excluding hydrogens is 234 g/mol. The SMILES string of the molecule is CN(c1ccnc(Cl)c1)c1ccccc1C#N. The maximum atomic E-state index is 9.05. The first-order valence-corrected chi connectivity index (χ1v) is 5.44. The van der Waals surface area contributed by atoms with Crippen molar-refractivity contribution in [1.82, 2.24) is 4.98 Å². The predicted molar refractivity (Wildman–Crippen MR) is 68.5 cm³/mol. The molecule has 1 aromatic heterocycles. The molecule has 1 aromatic carbocycles. The van der Waals surface area contributed by atoms with Gasteiger partial charge in [0.1, 0.15) is 11.2 Å². The molecule has 0 unspecified atom stereocenters. The van der Waals surface area contributed by atoms with Crippen LogP contribution in [0, 0.1) is 11.3 Å². The molecule has 0 aliphatic heterocycles. The molecule has 1 heterocycles. The molecule has 4 heteroatoms. The first kappa shape index (κ1) is 11.4. The van der Waals surface area contributed by atoms with E-state index in [4.69, 9.17) is 16.9 Å². The van der Waals surface area contributed by atoms with Gasteiger partial charge in [0, 0.05) is 18.9 Å². The van der Waals surface area contributed by atoms with Gasteiger partial charge in [0.05, 0.1) is 11.3 Å². The summed E-state index contributed by atoms with van der Waals surface area (Å²) in [6.45, 7) is 0. The summed E-state index contributed by atoms with van der Waals surface area (Å²) in [5.74, 6) is 0. The largest absolute Gasteiger partial charge is 0.343 e. The zero-order valence-electron chi connectivity index (χ0n) is 9.26. The van der Waals surface area contributed by atoms with Crippen LogP contribution in [0.15, 0.2) is 42.6 Å². The fraction of sp³-hybridized carbons (Fsp3) is 0.0769. The van der Waals surface area contributed by atoms with Crippen LogP contribution in [-0.4, -0.2) is 12.0 Å². The van der Waals surface area contributed by atoms with Crippen molar-refractivity contribution in [2.45, 2.75) is 0 Å². The molecule has 0 aliphatic carbocycles. The molecule has 0 N–H and O–H groups in total. The molecule has 0 fully saturated rings. The van der Waals surface area contributed by atoms with Gasteiger partial charge in [-0.15, -0.1) is 0 Å². The van der Waals surface area contributed by atoms with Crippen LogP contribution in [0.1, 0.15) is 5.56 Å². The smallest absolute Gasteiger partial charge is 0.131 e. The molecule has 0 bridgehead atoms. The lowest BCUT2D eigenvalue weighted by molar-refractivity contribution is 1.18. The maximum absolute atomic E-state index is 9.05. The van der Waals surface area contributed by atoms with Crippen LogP contribution >= 0.6 is 11.6 Å². The topological polar surface area (TPSA) is 39.9 Å². The van der Waals surface area contributed by atoms with Gasteiger partial charge in [0.15, 0.2) is 0 Å². The van der Waals surface area contributed by atoms with E-state index in [1.165, 1.54) is 0 Å². The van der Waals surface area contributed by atoms with E-state index in [0.717, 1.165) is 11.4 Å². The molecule has 17 heavy (non-hydrogen) atoms. The molecule has 2 rings (SSSR count). The van der Waals surface area contributed by atoms with Crippen LogP contribution in [0.3, 0.4) is 0 Å². The number of para-hydroxylation sites is 1. The summed E-state index contributed by atoms with van der Waals surface area (Å²) in [4.78, 5) is 5.84. The minimum Gasteiger partial charge on any atom is -0.343 e. The lowest BCUT2D eigenvalue weighted by atomic mass is 10.1. The quantitative estimate of drug-likeness (QED) is 0.760. The van der Waals surface area contributed by atoms with E-state index in [-0.39, 0.29) is 0 Å². The Hall–Kier alpha value is -2.05. The Kier molecular flexibility index (Phi) is 3.27. The Morgan fingerprint density at radius 3 is 2.76 bits per heavy atom. The first-order valence-electron chi connectivity index (χ1n) is 5.07. The number of anilines is 2. The lowest BCUT2D eigenvalue weighted by Gasteiger charge is -2.20. The zero-order valence-corrected chi connectivity index (χ0v) is 10.0. The summed E-state index contributed by atoms with van der Waals surface area (Å²) in [7, 11) is 1.89. The number of hydrogen-bond acceptors (Lipinski definition) is 3. The molecule has 0 aliphatic rings. The average molecular weight is 244 g/mol. The second kappa shape index (κ2) is 4.86. The van der Waals surface area contributed by atoms with Crippen LogP contribution < -0.4 is 4.90 Å². The highest BCUT2D eigenvalue weighted by atomic mass is 35.5. The van der Waals surface area contributed by atoms with E-state index in [0.29, 0.717) is 10.7 Å². The third kappa shape index (κ3) is 2.38. The van der Waals surface area contributed by atoms with Crippen molar-refractivity contribution in [1.29, 1.82) is 5.26 Å². The van der Waals surface area contributed by atoms with Gasteiger partial charge in [-0.3, -0.25) is 0 Å².